The van der Waals surface area contributed by atoms with E-state index >= 15 is 0 Å². The third kappa shape index (κ3) is 4.01. The second kappa shape index (κ2) is 8.34. The van der Waals surface area contributed by atoms with E-state index in [2.05, 4.69) is 15.3 Å². The zero-order valence-electron chi connectivity index (χ0n) is 16.1. The summed E-state index contributed by atoms with van der Waals surface area (Å²) in [5.41, 5.74) is 2.88. The first-order chi connectivity index (χ1) is 14.5. The minimum Gasteiger partial charge on any atom is -0.496 e. The van der Waals surface area contributed by atoms with Gasteiger partial charge in [-0.3, -0.25) is 10.1 Å². The zero-order chi connectivity index (χ0) is 21.1. The van der Waals surface area contributed by atoms with Gasteiger partial charge in [0.05, 0.1) is 18.4 Å². The summed E-state index contributed by atoms with van der Waals surface area (Å²) in [6.45, 7) is 1.50. The van der Waals surface area contributed by atoms with E-state index < -0.39 is 18.0 Å². The number of nitrogens with zero attached hydrogens (tertiary/aromatic N) is 2. The van der Waals surface area contributed by atoms with Crippen LogP contribution in [0.1, 0.15) is 17.3 Å². The predicted molar refractivity (Wildman–Crippen MR) is 112 cm³/mol. The van der Waals surface area contributed by atoms with E-state index in [4.69, 9.17) is 13.9 Å². The largest absolute Gasteiger partial charge is 0.496 e. The highest BCUT2D eigenvalue weighted by Gasteiger charge is 2.21. The molecule has 30 heavy (non-hydrogen) atoms. The van der Waals surface area contributed by atoms with Gasteiger partial charge in [-0.2, -0.15) is 0 Å². The van der Waals surface area contributed by atoms with Crippen LogP contribution in [0.2, 0.25) is 0 Å². The molecule has 0 saturated heterocycles. The van der Waals surface area contributed by atoms with Crippen molar-refractivity contribution in [3.8, 4) is 17.0 Å². The first kappa shape index (κ1) is 19.6. The minimum absolute atomic E-state index is 0.281. The molecule has 4 rings (SSSR count). The van der Waals surface area contributed by atoms with Gasteiger partial charge >= 0.3 is 5.97 Å². The summed E-state index contributed by atoms with van der Waals surface area (Å²) in [6, 6.07) is 12.2. The SMILES string of the molecule is COc1ccccc1-c1csc(NC(=O)C(C)OC(=O)c2ccc3ocnc3c2)n1. The van der Waals surface area contributed by atoms with Crippen LogP contribution in [-0.4, -0.2) is 35.1 Å². The van der Waals surface area contributed by atoms with Gasteiger partial charge in [-0.15, -0.1) is 11.3 Å². The third-order valence-corrected chi connectivity index (χ3v) is 5.09. The van der Waals surface area contributed by atoms with E-state index in [1.54, 1.807) is 25.3 Å². The first-order valence-electron chi connectivity index (χ1n) is 8.99. The lowest BCUT2D eigenvalue weighted by atomic mass is 10.1. The van der Waals surface area contributed by atoms with Crippen molar-refractivity contribution in [2.75, 3.05) is 12.4 Å². The average Bonchev–Trinajstić information content (AvgIpc) is 3.42. The number of esters is 1. The first-order valence-corrected chi connectivity index (χ1v) is 9.87. The number of fused-ring (bicyclic) bond motifs is 1. The van der Waals surface area contributed by atoms with Crippen molar-refractivity contribution in [2.24, 2.45) is 0 Å². The van der Waals surface area contributed by atoms with E-state index in [-0.39, 0.29) is 5.56 Å². The number of hydrogen-bond donors (Lipinski definition) is 1. The van der Waals surface area contributed by atoms with Crippen LogP contribution in [0.4, 0.5) is 5.13 Å². The Labute approximate surface area is 175 Å². The van der Waals surface area contributed by atoms with Crippen molar-refractivity contribution < 1.29 is 23.5 Å². The molecule has 0 spiro atoms. The smallest absolute Gasteiger partial charge is 0.338 e. The Bertz CT molecular complexity index is 1220. The van der Waals surface area contributed by atoms with Crippen molar-refractivity contribution in [3.63, 3.8) is 0 Å². The zero-order valence-corrected chi connectivity index (χ0v) is 16.9. The summed E-state index contributed by atoms with van der Waals surface area (Å²) in [6.07, 6.45) is 0.285. The summed E-state index contributed by atoms with van der Waals surface area (Å²) >= 11 is 1.27. The highest BCUT2D eigenvalue weighted by atomic mass is 32.1. The number of ether oxygens (including phenoxy) is 2. The molecule has 2 aromatic heterocycles. The third-order valence-electron chi connectivity index (χ3n) is 4.34. The monoisotopic (exact) mass is 423 g/mol. The lowest BCUT2D eigenvalue weighted by Gasteiger charge is -2.12. The molecular weight excluding hydrogens is 406 g/mol. The fourth-order valence-corrected chi connectivity index (χ4v) is 3.50. The topological polar surface area (TPSA) is 104 Å². The highest BCUT2D eigenvalue weighted by Crippen LogP contribution is 2.31. The number of oxazole rings is 1. The maximum Gasteiger partial charge on any atom is 0.338 e. The molecule has 8 nitrogen and oxygen atoms in total. The van der Waals surface area contributed by atoms with Crippen LogP contribution < -0.4 is 10.1 Å². The molecule has 2 aromatic carbocycles. The molecule has 0 saturated carbocycles. The molecule has 2 heterocycles. The molecule has 0 radical (unpaired) electrons. The number of hydrogen-bond acceptors (Lipinski definition) is 8. The molecule has 9 heteroatoms. The lowest BCUT2D eigenvalue weighted by molar-refractivity contribution is -0.123. The van der Waals surface area contributed by atoms with Gasteiger partial charge in [-0.05, 0) is 37.3 Å². The molecular formula is C21H17N3O5S. The number of anilines is 1. The normalized spacial score (nSPS) is 11.8. The van der Waals surface area contributed by atoms with Crippen molar-refractivity contribution in [1.82, 2.24) is 9.97 Å². The number of para-hydroxylation sites is 1. The molecule has 1 amide bonds. The molecule has 0 aliphatic carbocycles. The second-order valence-electron chi connectivity index (χ2n) is 6.31. The second-order valence-corrected chi connectivity index (χ2v) is 7.17. The molecule has 0 aliphatic rings. The molecule has 0 aliphatic heterocycles. The van der Waals surface area contributed by atoms with Crippen LogP contribution in [0.25, 0.3) is 22.4 Å². The van der Waals surface area contributed by atoms with Crippen LogP contribution in [0.5, 0.6) is 5.75 Å². The van der Waals surface area contributed by atoms with Gasteiger partial charge < -0.3 is 13.9 Å². The maximum atomic E-state index is 12.4. The van der Waals surface area contributed by atoms with Crippen LogP contribution >= 0.6 is 11.3 Å². The quantitative estimate of drug-likeness (QED) is 0.465. The fraction of sp³-hybridized carbons (Fsp3) is 0.143. The van der Waals surface area contributed by atoms with Crippen molar-refractivity contribution in [2.45, 2.75) is 13.0 Å². The van der Waals surface area contributed by atoms with Crippen molar-refractivity contribution >= 4 is 39.4 Å². The van der Waals surface area contributed by atoms with Crippen molar-refractivity contribution in [1.29, 1.82) is 0 Å². The molecule has 4 aromatic rings. The summed E-state index contributed by atoms with van der Waals surface area (Å²) in [7, 11) is 1.59. The van der Waals surface area contributed by atoms with Gasteiger partial charge in [0.15, 0.2) is 23.2 Å². The molecule has 1 unspecified atom stereocenters. The molecule has 1 atom stereocenters. The van der Waals surface area contributed by atoms with E-state index in [0.29, 0.717) is 27.7 Å². The van der Waals surface area contributed by atoms with Gasteiger partial charge in [-0.1, -0.05) is 12.1 Å². The Kier molecular flexibility index (Phi) is 5.44. The maximum absolute atomic E-state index is 12.4. The van der Waals surface area contributed by atoms with Gasteiger partial charge in [-0.25, -0.2) is 14.8 Å². The van der Waals surface area contributed by atoms with E-state index in [1.165, 1.54) is 24.7 Å². The summed E-state index contributed by atoms with van der Waals surface area (Å²) < 4.78 is 15.8. The minimum atomic E-state index is -1.01. The number of methoxy groups -OCH3 is 1. The Morgan fingerprint density at radius 1 is 1.20 bits per heavy atom. The number of rotatable bonds is 6. The summed E-state index contributed by atoms with van der Waals surface area (Å²) in [5.74, 6) is -0.421. The average molecular weight is 423 g/mol. The number of amides is 1. The van der Waals surface area contributed by atoms with E-state index in [9.17, 15) is 9.59 Å². The lowest BCUT2D eigenvalue weighted by Crippen LogP contribution is -2.29. The number of benzene rings is 2. The molecule has 152 valence electrons. The molecule has 0 bridgehead atoms. The van der Waals surface area contributed by atoms with E-state index in [0.717, 1.165) is 5.56 Å². The van der Waals surface area contributed by atoms with Crippen LogP contribution in [0.15, 0.2) is 58.7 Å². The Morgan fingerprint density at radius 3 is 2.87 bits per heavy atom. The highest BCUT2D eigenvalue weighted by molar-refractivity contribution is 7.14. The van der Waals surface area contributed by atoms with Gasteiger partial charge in [0.25, 0.3) is 5.91 Å². The fourth-order valence-electron chi connectivity index (χ4n) is 2.79. The molecule has 1 N–H and O–H groups in total. The predicted octanol–water partition coefficient (Wildman–Crippen LogP) is 4.14. The Morgan fingerprint density at radius 2 is 2.03 bits per heavy atom. The number of aromatic nitrogens is 2. The van der Waals surface area contributed by atoms with Crippen LogP contribution in [-0.2, 0) is 9.53 Å². The number of nitrogens with one attached hydrogen (secondary N) is 1. The van der Waals surface area contributed by atoms with Gasteiger partial charge in [0.1, 0.15) is 11.3 Å². The number of carbonyl (C=O) groups is 2. The standard InChI is InChI=1S/C21H17N3O5S/c1-12(29-20(26)13-7-8-18-15(9-13)22-11-28-18)19(25)24-21-23-16(10-30-21)14-5-3-4-6-17(14)27-2/h3-12H,1-2H3,(H,23,24,25). The van der Waals surface area contributed by atoms with E-state index in [1.807, 2.05) is 29.6 Å². The van der Waals surface area contributed by atoms with Gasteiger partial charge in [0.2, 0.25) is 0 Å². The van der Waals surface area contributed by atoms with Gasteiger partial charge in [0, 0.05) is 10.9 Å². The number of carbonyl (C=O) groups excluding carboxylic acids is 2. The number of thiazole rings is 1. The van der Waals surface area contributed by atoms with Crippen LogP contribution in [0, 0.1) is 0 Å². The Hall–Kier alpha value is -3.72. The summed E-state index contributed by atoms with van der Waals surface area (Å²) in [4.78, 5) is 33.2. The molecule has 0 fully saturated rings. The van der Waals surface area contributed by atoms with Crippen molar-refractivity contribution in [3.05, 3.63) is 59.8 Å². The Balaban J connectivity index is 1.41. The summed E-state index contributed by atoms with van der Waals surface area (Å²) in [5, 5.41) is 4.89. The van der Waals surface area contributed by atoms with Crippen LogP contribution in [0.3, 0.4) is 0 Å².